The molecule has 3 atom stereocenters. The van der Waals surface area contributed by atoms with E-state index in [2.05, 4.69) is 25.5 Å². The molecular weight excluding hydrogens is 513 g/mol. The highest BCUT2D eigenvalue weighted by Crippen LogP contribution is 2.38. The van der Waals surface area contributed by atoms with Crippen LogP contribution in [0.25, 0.3) is 0 Å². The summed E-state index contributed by atoms with van der Waals surface area (Å²) in [5.74, 6) is -0.438. The molecule has 0 radical (unpaired) electrons. The Hall–Kier alpha value is -2.80. The number of anilines is 3. The van der Waals surface area contributed by atoms with Gasteiger partial charge in [-0.25, -0.2) is 17.8 Å². The van der Waals surface area contributed by atoms with E-state index in [-0.39, 0.29) is 54.4 Å². The van der Waals surface area contributed by atoms with Crippen molar-refractivity contribution < 1.29 is 22.3 Å². The largest absolute Gasteiger partial charge is 0.459 e. The van der Waals surface area contributed by atoms with Crippen LogP contribution in [0, 0.1) is 12.7 Å². The number of aromatic nitrogens is 4. The SMILES string of the molecule is CCCCC(=O)OCc1nc(N(C)[C@@H]2C[C@H]3CCC[C@@H](C2)N3S(=O)(=O)CC)nc(Nc2cc(C)[nH]n2)c1F. The van der Waals surface area contributed by atoms with E-state index in [0.29, 0.717) is 25.1 Å². The van der Waals surface area contributed by atoms with Gasteiger partial charge in [0.15, 0.2) is 17.5 Å². The zero-order chi connectivity index (χ0) is 27.4. The second-order valence-corrected chi connectivity index (χ2v) is 12.3. The smallest absolute Gasteiger partial charge is 0.306 e. The monoisotopic (exact) mass is 551 g/mol. The molecule has 11 nitrogen and oxygen atoms in total. The zero-order valence-electron chi connectivity index (χ0n) is 22.5. The van der Waals surface area contributed by atoms with E-state index in [0.717, 1.165) is 31.4 Å². The molecule has 2 aromatic rings. The molecule has 0 amide bonds. The molecule has 210 valence electrons. The van der Waals surface area contributed by atoms with Gasteiger partial charge >= 0.3 is 5.97 Å². The summed E-state index contributed by atoms with van der Waals surface area (Å²) in [6.07, 6.45) is 5.70. The van der Waals surface area contributed by atoms with Crippen LogP contribution in [0.2, 0.25) is 0 Å². The molecular formula is C25H38FN7O4S. The quantitative estimate of drug-likeness (QED) is 0.400. The first kappa shape index (κ1) is 28.2. The Morgan fingerprint density at radius 1 is 1.26 bits per heavy atom. The van der Waals surface area contributed by atoms with E-state index in [9.17, 15) is 13.2 Å². The molecule has 4 heterocycles. The van der Waals surface area contributed by atoms with Gasteiger partial charge in [-0.05, 0) is 46.0 Å². The van der Waals surface area contributed by atoms with Crippen LogP contribution < -0.4 is 10.2 Å². The lowest BCUT2D eigenvalue weighted by Crippen LogP contribution is -2.58. The number of carbonyl (C=O) groups is 1. The van der Waals surface area contributed by atoms with E-state index in [4.69, 9.17) is 4.74 Å². The van der Waals surface area contributed by atoms with Crippen molar-refractivity contribution in [2.45, 2.75) is 96.9 Å². The Bertz CT molecular complexity index is 1220. The Labute approximate surface area is 223 Å². The first-order valence-electron chi connectivity index (χ1n) is 13.4. The number of ether oxygens (including phenoxy) is 1. The third-order valence-corrected chi connectivity index (χ3v) is 9.37. The summed E-state index contributed by atoms with van der Waals surface area (Å²) in [4.78, 5) is 22.9. The summed E-state index contributed by atoms with van der Waals surface area (Å²) in [6, 6.07) is 1.54. The van der Waals surface area contributed by atoms with E-state index in [1.54, 1.807) is 17.3 Å². The number of aromatic amines is 1. The van der Waals surface area contributed by atoms with Gasteiger partial charge in [0.25, 0.3) is 0 Å². The summed E-state index contributed by atoms with van der Waals surface area (Å²) >= 11 is 0. The minimum Gasteiger partial charge on any atom is -0.459 e. The lowest BCUT2D eigenvalue weighted by Gasteiger charge is -2.49. The molecule has 2 N–H and O–H groups in total. The van der Waals surface area contributed by atoms with E-state index in [1.165, 1.54) is 0 Å². The lowest BCUT2D eigenvalue weighted by atomic mass is 9.83. The van der Waals surface area contributed by atoms with Gasteiger partial charge in [0.05, 0.1) is 5.75 Å². The standard InChI is InChI=1S/C25H38FN7O4S/c1-5-7-11-22(34)37-15-20-23(26)24(28-21-12-16(3)30-31-21)29-25(27-20)32(4)19-13-17-9-8-10-18(14-19)33(17)38(35,36)6-2/h12,17-19H,5-11,13-15H2,1-4H3,(H2,27,28,29,30,31)/t17-,18+,19-. The van der Waals surface area contributed by atoms with E-state index in [1.807, 2.05) is 25.8 Å². The maximum Gasteiger partial charge on any atom is 0.306 e. The normalized spacial score (nSPS) is 21.8. The summed E-state index contributed by atoms with van der Waals surface area (Å²) in [5, 5.41) is 9.82. The van der Waals surface area contributed by atoms with Gasteiger partial charge in [0, 0.05) is 43.4 Å². The number of piperidine rings is 2. The first-order valence-corrected chi connectivity index (χ1v) is 15.0. The Morgan fingerprint density at radius 3 is 2.58 bits per heavy atom. The number of hydrogen-bond acceptors (Lipinski definition) is 9. The molecule has 2 fully saturated rings. The van der Waals surface area contributed by atoms with Gasteiger partial charge in [0.1, 0.15) is 12.3 Å². The average molecular weight is 552 g/mol. The summed E-state index contributed by atoms with van der Waals surface area (Å²) in [5.41, 5.74) is 0.761. The predicted molar refractivity (Wildman–Crippen MR) is 142 cm³/mol. The second-order valence-electron chi connectivity index (χ2n) is 10.2. The van der Waals surface area contributed by atoms with Gasteiger partial charge in [-0.1, -0.05) is 19.8 Å². The molecule has 2 saturated heterocycles. The molecule has 2 aliphatic heterocycles. The molecule has 0 unspecified atom stereocenters. The molecule has 0 aliphatic carbocycles. The van der Waals surface area contributed by atoms with Crippen molar-refractivity contribution in [1.82, 2.24) is 24.5 Å². The number of hydrogen-bond donors (Lipinski definition) is 2. The third-order valence-electron chi connectivity index (χ3n) is 7.40. The minimum absolute atomic E-state index is 0.0282. The van der Waals surface area contributed by atoms with Crippen LogP contribution in [0.3, 0.4) is 0 Å². The molecule has 2 bridgehead atoms. The Balaban J connectivity index is 1.60. The number of esters is 1. The maximum atomic E-state index is 15.5. The molecule has 4 rings (SSSR count). The number of carbonyl (C=O) groups excluding carboxylic acids is 1. The van der Waals surface area contributed by atoms with Crippen LogP contribution in [0.5, 0.6) is 0 Å². The van der Waals surface area contributed by atoms with Crippen molar-refractivity contribution in [3.63, 3.8) is 0 Å². The molecule has 13 heteroatoms. The van der Waals surface area contributed by atoms with Crippen molar-refractivity contribution >= 4 is 33.6 Å². The number of sulfonamides is 1. The molecule has 0 saturated carbocycles. The van der Waals surface area contributed by atoms with E-state index < -0.39 is 21.8 Å². The topological polar surface area (TPSA) is 133 Å². The second kappa shape index (κ2) is 11.9. The maximum absolute atomic E-state index is 15.5. The highest BCUT2D eigenvalue weighted by Gasteiger charge is 2.45. The molecule has 2 aliphatic rings. The van der Waals surface area contributed by atoms with Crippen molar-refractivity contribution in [1.29, 1.82) is 0 Å². The van der Waals surface area contributed by atoms with Gasteiger partial charge in [-0.2, -0.15) is 14.4 Å². The average Bonchev–Trinajstić information content (AvgIpc) is 3.30. The molecule has 38 heavy (non-hydrogen) atoms. The number of nitrogens with one attached hydrogen (secondary N) is 2. The van der Waals surface area contributed by atoms with Crippen LogP contribution in [-0.2, 0) is 26.2 Å². The summed E-state index contributed by atoms with van der Waals surface area (Å²) in [7, 11) is -1.46. The van der Waals surface area contributed by atoms with Gasteiger partial charge < -0.3 is 15.0 Å². The Morgan fingerprint density at radius 2 is 1.97 bits per heavy atom. The molecule has 0 spiro atoms. The minimum atomic E-state index is -3.30. The number of unbranched alkanes of at least 4 members (excludes halogenated alkanes) is 1. The highest BCUT2D eigenvalue weighted by molar-refractivity contribution is 7.89. The summed E-state index contributed by atoms with van der Waals surface area (Å²) < 4.78 is 48.1. The number of aryl methyl sites for hydroxylation is 1. The van der Waals surface area contributed by atoms with Gasteiger partial charge in [0.2, 0.25) is 16.0 Å². The highest BCUT2D eigenvalue weighted by atomic mass is 32.2. The van der Waals surface area contributed by atoms with Crippen molar-refractivity contribution in [3.8, 4) is 0 Å². The van der Waals surface area contributed by atoms with Crippen LogP contribution in [0.4, 0.5) is 22.0 Å². The van der Waals surface area contributed by atoms with Crippen LogP contribution in [0.1, 0.15) is 76.6 Å². The number of fused-ring (bicyclic) bond motifs is 2. The fourth-order valence-corrected chi connectivity index (χ4v) is 6.94. The van der Waals surface area contributed by atoms with Crippen LogP contribution in [-0.4, -0.2) is 69.8 Å². The van der Waals surface area contributed by atoms with Gasteiger partial charge in [-0.15, -0.1) is 0 Å². The first-order chi connectivity index (χ1) is 18.1. The van der Waals surface area contributed by atoms with E-state index >= 15 is 4.39 Å². The van der Waals surface area contributed by atoms with Crippen molar-refractivity contribution in [2.24, 2.45) is 0 Å². The van der Waals surface area contributed by atoms with Crippen LogP contribution >= 0.6 is 0 Å². The number of halogens is 1. The summed E-state index contributed by atoms with van der Waals surface area (Å²) in [6.45, 7) is 5.17. The zero-order valence-corrected chi connectivity index (χ0v) is 23.4. The number of rotatable bonds is 11. The van der Waals surface area contributed by atoms with Crippen molar-refractivity contribution in [3.05, 3.63) is 23.3 Å². The number of nitrogens with zero attached hydrogens (tertiary/aromatic N) is 5. The lowest BCUT2D eigenvalue weighted by molar-refractivity contribution is -0.145. The number of H-pyrrole nitrogens is 1. The van der Waals surface area contributed by atoms with Crippen LogP contribution in [0.15, 0.2) is 6.07 Å². The van der Waals surface area contributed by atoms with Crippen molar-refractivity contribution in [2.75, 3.05) is 23.0 Å². The van der Waals surface area contributed by atoms with Gasteiger partial charge in [-0.3, -0.25) is 9.89 Å². The predicted octanol–water partition coefficient (Wildman–Crippen LogP) is 3.80. The molecule has 0 aromatic carbocycles. The third kappa shape index (κ3) is 6.25. The Kier molecular flexibility index (Phi) is 8.86. The fraction of sp³-hybridized carbons (Fsp3) is 0.680. The fourth-order valence-electron chi connectivity index (χ4n) is 5.35. The molecule has 2 aromatic heterocycles.